The molecule has 0 amide bonds. The molecule has 1 unspecified atom stereocenters. The molecule has 0 aliphatic rings. The van der Waals surface area contributed by atoms with Gasteiger partial charge < -0.3 is 20.2 Å². The topological polar surface area (TPSA) is 81.0 Å². The normalized spacial score (nSPS) is 14.2. The number of carboxylic acid groups (broad SMARTS) is 1. The van der Waals surface area contributed by atoms with Gasteiger partial charge in [0.25, 0.3) is 0 Å². The number of phenolic OH excluding ortho intramolecular Hbond substituents is 1. The highest BCUT2D eigenvalue weighted by atomic mass is 16.4. The van der Waals surface area contributed by atoms with Crippen molar-refractivity contribution in [1.82, 2.24) is 0 Å². The zero-order chi connectivity index (χ0) is 12.3. The lowest BCUT2D eigenvalue weighted by Gasteiger charge is -2.27. The molecule has 0 spiro atoms. The van der Waals surface area contributed by atoms with E-state index in [2.05, 4.69) is 0 Å². The van der Waals surface area contributed by atoms with Crippen LogP contribution < -0.4 is 4.90 Å². The molecular formula is C11H15NO4. The zero-order valence-electron chi connectivity index (χ0n) is 9.21. The maximum absolute atomic E-state index is 10.7. The maximum Gasteiger partial charge on any atom is 0.337 e. The summed E-state index contributed by atoms with van der Waals surface area (Å²) in [5.41, 5.74) is -1.18. The van der Waals surface area contributed by atoms with Crippen LogP contribution in [0.5, 0.6) is 5.75 Å². The summed E-state index contributed by atoms with van der Waals surface area (Å²) in [6.07, 6.45) is 0. The summed E-state index contributed by atoms with van der Waals surface area (Å²) in [5.74, 6) is -1.18. The average molecular weight is 225 g/mol. The summed E-state index contributed by atoms with van der Waals surface area (Å²) in [5, 5.41) is 27.6. The van der Waals surface area contributed by atoms with Gasteiger partial charge in [-0.05, 0) is 19.1 Å². The summed E-state index contributed by atoms with van der Waals surface area (Å²) < 4.78 is 0. The van der Waals surface area contributed by atoms with Gasteiger partial charge in [0.15, 0.2) is 5.60 Å². The van der Waals surface area contributed by atoms with E-state index in [4.69, 9.17) is 5.11 Å². The minimum Gasteiger partial charge on any atom is -0.508 e. The number of likely N-dealkylation sites (N-methyl/N-ethyl adjacent to an activating group) is 1. The minimum atomic E-state index is -1.82. The van der Waals surface area contributed by atoms with Gasteiger partial charge in [-0.2, -0.15) is 0 Å². The summed E-state index contributed by atoms with van der Waals surface area (Å²) >= 11 is 0. The van der Waals surface area contributed by atoms with E-state index in [1.807, 2.05) is 0 Å². The Morgan fingerprint density at radius 1 is 1.50 bits per heavy atom. The number of hydrogen-bond donors (Lipinski definition) is 3. The molecule has 1 aromatic carbocycles. The van der Waals surface area contributed by atoms with Crippen LogP contribution in [0, 0.1) is 0 Å². The summed E-state index contributed by atoms with van der Waals surface area (Å²) in [6, 6.07) is 6.39. The Morgan fingerprint density at radius 3 is 2.62 bits per heavy atom. The third-order valence-corrected chi connectivity index (χ3v) is 2.28. The maximum atomic E-state index is 10.7. The lowest BCUT2D eigenvalue weighted by molar-refractivity contribution is -0.155. The van der Waals surface area contributed by atoms with Crippen LogP contribution >= 0.6 is 0 Å². The molecule has 0 heterocycles. The molecule has 0 aliphatic carbocycles. The van der Waals surface area contributed by atoms with Crippen LogP contribution in [0.25, 0.3) is 0 Å². The number of aromatic hydroxyl groups is 1. The van der Waals surface area contributed by atoms with E-state index in [0.29, 0.717) is 5.69 Å². The van der Waals surface area contributed by atoms with Crippen molar-refractivity contribution in [3.05, 3.63) is 24.3 Å². The third-order valence-electron chi connectivity index (χ3n) is 2.28. The van der Waals surface area contributed by atoms with Gasteiger partial charge in [-0.1, -0.05) is 6.07 Å². The Hall–Kier alpha value is -1.75. The van der Waals surface area contributed by atoms with Crippen LogP contribution in [-0.4, -0.2) is 40.5 Å². The summed E-state index contributed by atoms with van der Waals surface area (Å²) in [6.45, 7) is 1.17. The molecule has 16 heavy (non-hydrogen) atoms. The SMILES string of the molecule is CN(CC(C)(O)C(=O)O)c1cccc(O)c1. The minimum absolute atomic E-state index is 0.0637. The number of phenols is 1. The molecular weight excluding hydrogens is 210 g/mol. The van der Waals surface area contributed by atoms with Crippen molar-refractivity contribution >= 4 is 11.7 Å². The van der Waals surface area contributed by atoms with E-state index in [9.17, 15) is 15.0 Å². The molecule has 88 valence electrons. The van der Waals surface area contributed by atoms with Gasteiger partial charge >= 0.3 is 5.97 Å². The Kier molecular flexibility index (Phi) is 3.39. The lowest BCUT2D eigenvalue weighted by Crippen LogP contribution is -2.45. The molecule has 1 atom stereocenters. The van der Waals surface area contributed by atoms with Crippen LogP contribution in [0.3, 0.4) is 0 Å². The number of rotatable bonds is 4. The highest BCUT2D eigenvalue weighted by Crippen LogP contribution is 2.20. The van der Waals surface area contributed by atoms with Gasteiger partial charge in [-0.15, -0.1) is 0 Å². The standard InChI is InChI=1S/C11H15NO4/c1-11(16,10(14)15)7-12(2)8-4-3-5-9(13)6-8/h3-6,13,16H,7H2,1-2H3,(H,14,15). The average Bonchev–Trinajstić information content (AvgIpc) is 2.16. The van der Waals surface area contributed by atoms with Gasteiger partial charge in [0, 0.05) is 18.8 Å². The molecule has 0 bridgehead atoms. The van der Waals surface area contributed by atoms with Crippen LogP contribution in [0.2, 0.25) is 0 Å². The molecule has 0 fully saturated rings. The molecule has 0 saturated carbocycles. The molecule has 0 radical (unpaired) electrons. The molecule has 1 rings (SSSR count). The number of nitrogens with zero attached hydrogens (tertiary/aromatic N) is 1. The van der Waals surface area contributed by atoms with Gasteiger partial charge in [0.05, 0.1) is 6.54 Å². The number of anilines is 1. The Morgan fingerprint density at radius 2 is 2.12 bits per heavy atom. The first-order valence-electron chi connectivity index (χ1n) is 4.79. The third kappa shape index (κ3) is 2.87. The fourth-order valence-electron chi connectivity index (χ4n) is 1.35. The largest absolute Gasteiger partial charge is 0.508 e. The number of carbonyl (C=O) groups is 1. The molecule has 0 aliphatic heterocycles. The van der Waals surface area contributed by atoms with E-state index >= 15 is 0 Å². The molecule has 0 saturated heterocycles. The van der Waals surface area contributed by atoms with Gasteiger partial charge in [0.2, 0.25) is 0 Å². The van der Waals surface area contributed by atoms with Crippen molar-refractivity contribution in [3.63, 3.8) is 0 Å². The first-order chi connectivity index (χ1) is 7.33. The fraction of sp³-hybridized carbons (Fsp3) is 0.364. The van der Waals surface area contributed by atoms with E-state index in [-0.39, 0.29) is 12.3 Å². The zero-order valence-corrected chi connectivity index (χ0v) is 9.21. The second-order valence-electron chi connectivity index (χ2n) is 3.95. The number of aliphatic hydroxyl groups is 1. The molecule has 5 nitrogen and oxygen atoms in total. The van der Waals surface area contributed by atoms with Crippen LogP contribution in [0.15, 0.2) is 24.3 Å². The summed E-state index contributed by atoms with van der Waals surface area (Å²) in [7, 11) is 1.65. The van der Waals surface area contributed by atoms with Crippen molar-refractivity contribution in [2.24, 2.45) is 0 Å². The number of hydrogen-bond acceptors (Lipinski definition) is 4. The van der Waals surface area contributed by atoms with Crippen LogP contribution in [-0.2, 0) is 4.79 Å². The Balaban J connectivity index is 2.80. The predicted molar refractivity (Wildman–Crippen MR) is 59.6 cm³/mol. The first kappa shape index (κ1) is 12.3. The Labute approximate surface area is 93.6 Å². The quantitative estimate of drug-likeness (QED) is 0.701. The van der Waals surface area contributed by atoms with E-state index < -0.39 is 11.6 Å². The van der Waals surface area contributed by atoms with Crippen molar-refractivity contribution in [3.8, 4) is 5.75 Å². The van der Waals surface area contributed by atoms with Crippen molar-refractivity contribution in [2.45, 2.75) is 12.5 Å². The summed E-state index contributed by atoms with van der Waals surface area (Å²) in [4.78, 5) is 12.3. The van der Waals surface area contributed by atoms with Crippen LogP contribution in [0.4, 0.5) is 5.69 Å². The van der Waals surface area contributed by atoms with E-state index in [0.717, 1.165) is 0 Å². The number of carboxylic acids is 1. The van der Waals surface area contributed by atoms with Crippen molar-refractivity contribution in [2.75, 3.05) is 18.5 Å². The van der Waals surface area contributed by atoms with Crippen molar-refractivity contribution < 1.29 is 20.1 Å². The number of benzene rings is 1. The highest BCUT2D eigenvalue weighted by Gasteiger charge is 2.31. The fourth-order valence-corrected chi connectivity index (χ4v) is 1.35. The van der Waals surface area contributed by atoms with Gasteiger partial charge in [-0.25, -0.2) is 4.79 Å². The van der Waals surface area contributed by atoms with Gasteiger partial charge in [0.1, 0.15) is 5.75 Å². The second kappa shape index (κ2) is 4.40. The second-order valence-corrected chi connectivity index (χ2v) is 3.95. The molecule has 1 aromatic rings. The smallest absolute Gasteiger partial charge is 0.337 e. The van der Waals surface area contributed by atoms with Crippen LogP contribution in [0.1, 0.15) is 6.92 Å². The Bertz CT molecular complexity index is 389. The predicted octanol–water partition coefficient (Wildman–Crippen LogP) is 0.664. The molecule has 5 heteroatoms. The van der Waals surface area contributed by atoms with Crippen molar-refractivity contribution in [1.29, 1.82) is 0 Å². The highest BCUT2D eigenvalue weighted by molar-refractivity contribution is 5.77. The monoisotopic (exact) mass is 225 g/mol. The van der Waals surface area contributed by atoms with E-state index in [1.165, 1.54) is 19.1 Å². The molecule has 0 aromatic heterocycles. The van der Waals surface area contributed by atoms with Gasteiger partial charge in [-0.3, -0.25) is 0 Å². The first-order valence-corrected chi connectivity index (χ1v) is 4.79. The lowest BCUT2D eigenvalue weighted by atomic mass is 10.1. The van der Waals surface area contributed by atoms with E-state index in [1.54, 1.807) is 24.1 Å². The molecule has 3 N–H and O–H groups in total. The number of aliphatic carboxylic acids is 1.